The van der Waals surface area contributed by atoms with Crippen LogP contribution in [0.3, 0.4) is 0 Å². The topological polar surface area (TPSA) is 12.4 Å². The van der Waals surface area contributed by atoms with Crippen LogP contribution < -0.4 is 0 Å². The monoisotopic (exact) mass is 197 g/mol. The van der Waals surface area contributed by atoms with Crippen molar-refractivity contribution in [2.75, 3.05) is 0 Å². The van der Waals surface area contributed by atoms with Crippen LogP contribution in [-0.2, 0) is 6.54 Å². The van der Waals surface area contributed by atoms with Crippen molar-refractivity contribution in [2.45, 2.75) is 19.4 Å². The summed E-state index contributed by atoms with van der Waals surface area (Å²) in [6, 6.07) is 10.3. The lowest BCUT2D eigenvalue weighted by molar-refractivity contribution is 1.03. The van der Waals surface area contributed by atoms with Crippen molar-refractivity contribution in [3.05, 3.63) is 59.7 Å². The summed E-state index contributed by atoms with van der Waals surface area (Å²) in [5.74, 6) is 0. The maximum absolute atomic E-state index is 4.42. The highest BCUT2D eigenvalue weighted by Gasteiger charge is 1.92. The fourth-order valence-corrected chi connectivity index (χ4v) is 1.57. The van der Waals surface area contributed by atoms with E-state index < -0.39 is 0 Å². The molecule has 0 saturated carbocycles. The molecule has 15 heavy (non-hydrogen) atoms. The van der Waals surface area contributed by atoms with Crippen molar-refractivity contribution >= 4 is 6.21 Å². The smallest absolute Gasteiger partial charge is 0.0639 e. The molecule has 1 aromatic rings. The molecule has 0 aliphatic heterocycles. The molecule has 1 nitrogen and oxygen atoms in total. The summed E-state index contributed by atoms with van der Waals surface area (Å²) in [6.45, 7) is 0.770. The van der Waals surface area contributed by atoms with Crippen molar-refractivity contribution in [1.82, 2.24) is 0 Å². The fourth-order valence-electron chi connectivity index (χ4n) is 1.57. The van der Waals surface area contributed by atoms with Crippen molar-refractivity contribution in [3.63, 3.8) is 0 Å². The Hall–Kier alpha value is -1.63. The third kappa shape index (κ3) is 3.21. The molecule has 0 fully saturated rings. The molecular weight excluding hydrogens is 182 g/mol. The van der Waals surface area contributed by atoms with Crippen LogP contribution in [0.5, 0.6) is 0 Å². The summed E-state index contributed by atoms with van der Waals surface area (Å²) >= 11 is 0. The van der Waals surface area contributed by atoms with Gasteiger partial charge in [0.2, 0.25) is 0 Å². The van der Waals surface area contributed by atoms with Gasteiger partial charge < -0.3 is 0 Å². The van der Waals surface area contributed by atoms with Gasteiger partial charge in [-0.05, 0) is 24.0 Å². The van der Waals surface area contributed by atoms with Crippen LogP contribution in [0.15, 0.2) is 59.1 Å². The third-order valence-electron chi connectivity index (χ3n) is 2.38. The van der Waals surface area contributed by atoms with E-state index in [-0.39, 0.29) is 0 Å². The largest absolute Gasteiger partial charge is 0.288 e. The molecule has 2 rings (SSSR count). The highest BCUT2D eigenvalue weighted by atomic mass is 14.7. The molecule has 1 heteroatoms. The van der Waals surface area contributed by atoms with E-state index in [2.05, 4.69) is 35.4 Å². The first-order valence-electron chi connectivity index (χ1n) is 5.35. The maximum Gasteiger partial charge on any atom is 0.0639 e. The van der Waals surface area contributed by atoms with E-state index in [0.29, 0.717) is 0 Å². The Balaban J connectivity index is 1.90. The molecule has 0 atom stereocenters. The van der Waals surface area contributed by atoms with E-state index in [1.54, 1.807) is 0 Å². The van der Waals surface area contributed by atoms with Gasteiger partial charge in [0.1, 0.15) is 0 Å². The quantitative estimate of drug-likeness (QED) is 0.657. The number of allylic oxidation sites excluding steroid dienone is 4. The SMILES string of the molecule is C1=CC(/C=N\Cc2ccccc2)=CCC1. The molecule has 0 heterocycles. The molecule has 1 aliphatic rings. The first-order chi connectivity index (χ1) is 7.45. The van der Waals surface area contributed by atoms with Gasteiger partial charge in [-0.15, -0.1) is 0 Å². The van der Waals surface area contributed by atoms with Crippen LogP contribution in [0.2, 0.25) is 0 Å². The van der Waals surface area contributed by atoms with Gasteiger partial charge in [0.25, 0.3) is 0 Å². The number of benzene rings is 1. The summed E-state index contributed by atoms with van der Waals surface area (Å²) in [7, 11) is 0. The lowest BCUT2D eigenvalue weighted by atomic mass is 10.1. The average Bonchev–Trinajstić information content (AvgIpc) is 2.32. The first kappa shape index (κ1) is 9.91. The summed E-state index contributed by atoms with van der Waals surface area (Å²) in [5, 5.41) is 0. The van der Waals surface area contributed by atoms with E-state index in [9.17, 15) is 0 Å². The molecule has 0 spiro atoms. The molecular formula is C14H15N. The molecule has 0 saturated heterocycles. The highest BCUT2D eigenvalue weighted by molar-refractivity contribution is 5.82. The predicted molar refractivity (Wildman–Crippen MR) is 65.1 cm³/mol. The lowest BCUT2D eigenvalue weighted by Crippen LogP contribution is -1.87. The lowest BCUT2D eigenvalue weighted by Gasteiger charge is -2.00. The minimum absolute atomic E-state index is 0.770. The minimum atomic E-state index is 0.770. The fraction of sp³-hybridized carbons (Fsp3) is 0.214. The zero-order chi connectivity index (χ0) is 10.3. The number of nitrogens with zero attached hydrogens (tertiary/aromatic N) is 1. The zero-order valence-electron chi connectivity index (χ0n) is 8.76. The summed E-state index contributed by atoms with van der Waals surface area (Å²) in [4.78, 5) is 4.42. The van der Waals surface area contributed by atoms with Crippen molar-refractivity contribution in [1.29, 1.82) is 0 Å². The van der Waals surface area contributed by atoms with E-state index >= 15 is 0 Å². The van der Waals surface area contributed by atoms with Crippen LogP contribution in [0, 0.1) is 0 Å². The van der Waals surface area contributed by atoms with E-state index in [4.69, 9.17) is 0 Å². The Labute approximate surface area is 90.9 Å². The molecule has 0 unspecified atom stereocenters. The van der Waals surface area contributed by atoms with Gasteiger partial charge in [0, 0.05) is 6.21 Å². The van der Waals surface area contributed by atoms with Crippen LogP contribution in [0.25, 0.3) is 0 Å². The van der Waals surface area contributed by atoms with Crippen LogP contribution in [0.4, 0.5) is 0 Å². The van der Waals surface area contributed by atoms with Crippen molar-refractivity contribution < 1.29 is 0 Å². The van der Waals surface area contributed by atoms with E-state index in [0.717, 1.165) is 19.4 Å². The van der Waals surface area contributed by atoms with Crippen molar-refractivity contribution in [2.24, 2.45) is 4.99 Å². The first-order valence-corrected chi connectivity index (χ1v) is 5.35. The highest BCUT2D eigenvalue weighted by Crippen LogP contribution is 2.08. The Morgan fingerprint density at radius 1 is 1.13 bits per heavy atom. The average molecular weight is 197 g/mol. The van der Waals surface area contributed by atoms with Gasteiger partial charge >= 0.3 is 0 Å². The van der Waals surface area contributed by atoms with Gasteiger partial charge in [-0.3, -0.25) is 4.99 Å². The molecule has 0 amide bonds. The minimum Gasteiger partial charge on any atom is -0.288 e. The van der Waals surface area contributed by atoms with Crippen LogP contribution in [-0.4, -0.2) is 6.21 Å². The Kier molecular flexibility index (Phi) is 3.50. The molecule has 0 aromatic heterocycles. The predicted octanol–water partition coefficient (Wildman–Crippen LogP) is 3.53. The van der Waals surface area contributed by atoms with E-state index in [1.165, 1.54) is 11.1 Å². The van der Waals surface area contributed by atoms with Gasteiger partial charge in [0.05, 0.1) is 6.54 Å². The number of rotatable bonds is 3. The molecule has 1 aliphatic carbocycles. The van der Waals surface area contributed by atoms with Gasteiger partial charge in [-0.1, -0.05) is 48.6 Å². The maximum atomic E-state index is 4.42. The zero-order valence-corrected chi connectivity index (χ0v) is 8.76. The molecule has 0 N–H and O–H groups in total. The number of aliphatic imine (C=N–C) groups is 1. The second-order valence-corrected chi connectivity index (χ2v) is 3.64. The normalized spacial score (nSPS) is 15.6. The van der Waals surface area contributed by atoms with Gasteiger partial charge in [-0.25, -0.2) is 0 Å². The Morgan fingerprint density at radius 3 is 2.73 bits per heavy atom. The molecule has 1 aromatic carbocycles. The number of hydrogen-bond acceptors (Lipinski definition) is 1. The Bertz CT molecular complexity index is 385. The van der Waals surface area contributed by atoms with Crippen molar-refractivity contribution in [3.8, 4) is 0 Å². The molecule has 0 bridgehead atoms. The van der Waals surface area contributed by atoms with Gasteiger partial charge in [0.15, 0.2) is 0 Å². The summed E-state index contributed by atoms with van der Waals surface area (Å²) in [6.07, 6.45) is 10.8. The van der Waals surface area contributed by atoms with Gasteiger partial charge in [-0.2, -0.15) is 0 Å². The molecule has 76 valence electrons. The molecule has 0 radical (unpaired) electrons. The second-order valence-electron chi connectivity index (χ2n) is 3.64. The van der Waals surface area contributed by atoms with E-state index in [1.807, 2.05) is 24.4 Å². The second kappa shape index (κ2) is 5.30. The Morgan fingerprint density at radius 2 is 2.00 bits per heavy atom. The van der Waals surface area contributed by atoms with Crippen LogP contribution >= 0.6 is 0 Å². The third-order valence-corrected chi connectivity index (χ3v) is 2.38. The standard InChI is InChI=1S/C14H15N/c1-3-7-13(8-4-1)11-15-12-14-9-5-2-6-10-14/h1,3-5,7-10,12H,2,6,11H2/b15-12-. The van der Waals surface area contributed by atoms with Crippen LogP contribution in [0.1, 0.15) is 18.4 Å². The summed E-state index contributed by atoms with van der Waals surface area (Å²) in [5.41, 5.74) is 2.49. The number of hydrogen-bond donors (Lipinski definition) is 0. The summed E-state index contributed by atoms with van der Waals surface area (Å²) < 4.78 is 0.